The predicted molar refractivity (Wildman–Crippen MR) is 121 cm³/mol. The van der Waals surface area contributed by atoms with Gasteiger partial charge >= 0.3 is 6.03 Å². The fourth-order valence-corrected chi connectivity index (χ4v) is 6.03. The molecule has 2 aliphatic heterocycles. The van der Waals surface area contributed by atoms with Crippen LogP contribution in [0.4, 0.5) is 9.18 Å². The van der Waals surface area contributed by atoms with E-state index in [1.807, 2.05) is 36.4 Å². The van der Waals surface area contributed by atoms with Crippen LogP contribution in [0.1, 0.15) is 18.4 Å². The number of sulfonamides is 1. The summed E-state index contributed by atoms with van der Waals surface area (Å²) >= 11 is 0. The van der Waals surface area contributed by atoms with Gasteiger partial charge in [-0.2, -0.15) is 0 Å². The van der Waals surface area contributed by atoms with Crippen molar-refractivity contribution >= 4 is 16.1 Å². The predicted octanol–water partition coefficient (Wildman–Crippen LogP) is 3.05. The van der Waals surface area contributed by atoms with Gasteiger partial charge < -0.3 is 9.80 Å². The molecule has 1 spiro atoms. The molecule has 2 aromatic carbocycles. The molecule has 3 fully saturated rings. The summed E-state index contributed by atoms with van der Waals surface area (Å²) in [5.41, 5.74) is 3.00. The first kappa shape index (κ1) is 21.4. The fourth-order valence-electron chi connectivity index (χ4n) is 5.16. The molecule has 0 aromatic heterocycles. The summed E-state index contributed by atoms with van der Waals surface area (Å²) in [5, 5.41) is 0. The largest absolute Gasteiger partial charge is 0.320 e. The number of carbonyl (C=O) groups excluding carboxylic acids is 1. The maximum atomic E-state index is 13.4. The van der Waals surface area contributed by atoms with Crippen LogP contribution >= 0.6 is 0 Å². The number of likely N-dealkylation sites (tertiary alicyclic amines) is 2. The minimum absolute atomic E-state index is 0.114. The second-order valence-corrected chi connectivity index (χ2v) is 11.3. The number of nitrogens with one attached hydrogen (secondary N) is 1. The smallest absolute Gasteiger partial charge is 0.319 e. The number of alkyl halides is 1. The van der Waals surface area contributed by atoms with Crippen LogP contribution in [0, 0.1) is 5.41 Å². The monoisotopic (exact) mass is 457 g/mol. The number of amides is 2. The summed E-state index contributed by atoms with van der Waals surface area (Å²) < 4.78 is 40.6. The van der Waals surface area contributed by atoms with Crippen LogP contribution in [-0.4, -0.2) is 68.4 Å². The van der Waals surface area contributed by atoms with E-state index < -0.39 is 16.2 Å². The average Bonchev–Trinajstić information content (AvgIpc) is 3.47. The Kier molecular flexibility index (Phi) is 5.25. The number of hydrogen-bond donors (Lipinski definition) is 1. The lowest BCUT2D eigenvalue weighted by Gasteiger charge is -2.39. The third-order valence-electron chi connectivity index (χ3n) is 7.00. The van der Waals surface area contributed by atoms with Gasteiger partial charge in [0, 0.05) is 18.0 Å². The van der Waals surface area contributed by atoms with Gasteiger partial charge in [0.1, 0.15) is 6.17 Å². The van der Waals surface area contributed by atoms with Crippen molar-refractivity contribution in [1.29, 1.82) is 0 Å². The molecule has 1 N–H and O–H groups in total. The van der Waals surface area contributed by atoms with Crippen molar-refractivity contribution in [3.8, 4) is 11.1 Å². The van der Waals surface area contributed by atoms with Crippen LogP contribution in [0.3, 0.4) is 0 Å². The molecule has 0 radical (unpaired) electrons. The summed E-state index contributed by atoms with van der Waals surface area (Å²) in [6.45, 7) is 0.737. The van der Waals surface area contributed by atoms with E-state index in [0.29, 0.717) is 13.0 Å². The highest BCUT2D eigenvalue weighted by atomic mass is 32.2. The van der Waals surface area contributed by atoms with E-state index >= 15 is 0 Å². The van der Waals surface area contributed by atoms with Gasteiger partial charge in [-0.05, 0) is 36.0 Å². The van der Waals surface area contributed by atoms with E-state index in [4.69, 9.17) is 0 Å². The van der Waals surface area contributed by atoms with Crippen molar-refractivity contribution in [3.05, 3.63) is 60.2 Å². The lowest BCUT2D eigenvalue weighted by Crippen LogP contribution is -2.58. The molecule has 2 amide bonds. The highest BCUT2D eigenvalue weighted by Crippen LogP contribution is 2.55. The molecular weight excluding hydrogens is 429 g/mol. The van der Waals surface area contributed by atoms with E-state index in [9.17, 15) is 17.6 Å². The molecule has 2 unspecified atom stereocenters. The quantitative estimate of drug-likeness (QED) is 0.750. The number of urea groups is 1. The molecule has 3 aliphatic rings. The van der Waals surface area contributed by atoms with Gasteiger partial charge in [-0.3, -0.25) is 0 Å². The van der Waals surface area contributed by atoms with Crippen molar-refractivity contribution < 1.29 is 17.6 Å². The Morgan fingerprint density at radius 3 is 2.41 bits per heavy atom. The molecule has 170 valence electrons. The first-order valence-electron chi connectivity index (χ1n) is 11.1. The number of benzene rings is 2. The molecule has 1 aliphatic carbocycles. The summed E-state index contributed by atoms with van der Waals surface area (Å²) in [6, 6.07) is 17.4. The Hall–Kier alpha value is -2.45. The van der Waals surface area contributed by atoms with Gasteiger partial charge in [0.15, 0.2) is 0 Å². The molecule has 32 heavy (non-hydrogen) atoms. The van der Waals surface area contributed by atoms with Crippen LogP contribution in [0.2, 0.25) is 0 Å². The average molecular weight is 458 g/mol. The highest BCUT2D eigenvalue weighted by molar-refractivity contribution is 7.88. The third kappa shape index (κ3) is 4.13. The van der Waals surface area contributed by atoms with Crippen molar-refractivity contribution in [3.63, 3.8) is 0 Å². The number of hydrogen-bond acceptors (Lipinski definition) is 3. The zero-order valence-corrected chi connectivity index (χ0v) is 18.9. The molecule has 2 atom stereocenters. The van der Waals surface area contributed by atoms with Crippen molar-refractivity contribution in [2.75, 3.05) is 25.9 Å². The molecule has 1 saturated carbocycles. The first-order chi connectivity index (χ1) is 15.2. The van der Waals surface area contributed by atoms with Crippen molar-refractivity contribution in [2.24, 2.45) is 5.41 Å². The molecule has 2 aromatic rings. The number of halogens is 1. The Balaban J connectivity index is 1.45. The van der Waals surface area contributed by atoms with Gasteiger partial charge in [0.2, 0.25) is 10.0 Å². The molecule has 6 nitrogen and oxygen atoms in total. The minimum atomic E-state index is -3.45. The van der Waals surface area contributed by atoms with Crippen molar-refractivity contribution in [2.45, 2.75) is 37.5 Å². The van der Waals surface area contributed by atoms with E-state index in [1.165, 1.54) is 11.2 Å². The topological polar surface area (TPSA) is 69.7 Å². The van der Waals surface area contributed by atoms with Gasteiger partial charge in [-0.15, -0.1) is 0 Å². The van der Waals surface area contributed by atoms with E-state index in [2.05, 4.69) is 22.9 Å². The van der Waals surface area contributed by atoms with Crippen LogP contribution in [0.5, 0.6) is 0 Å². The van der Waals surface area contributed by atoms with E-state index in [-0.39, 0.29) is 36.6 Å². The van der Waals surface area contributed by atoms with E-state index in [1.54, 1.807) is 4.90 Å². The number of carbonyl (C=O) groups is 1. The summed E-state index contributed by atoms with van der Waals surface area (Å²) in [4.78, 5) is 16.5. The van der Waals surface area contributed by atoms with Gasteiger partial charge in [0.25, 0.3) is 0 Å². The molecule has 2 heterocycles. The Morgan fingerprint density at radius 1 is 1.09 bits per heavy atom. The number of rotatable bonds is 5. The molecular formula is C24H28FN3O3S. The van der Waals surface area contributed by atoms with Crippen LogP contribution in [0.25, 0.3) is 11.1 Å². The minimum Gasteiger partial charge on any atom is -0.319 e. The first-order valence-corrected chi connectivity index (χ1v) is 12.9. The summed E-state index contributed by atoms with van der Waals surface area (Å²) in [6.07, 6.45) is 2.51. The lowest BCUT2D eigenvalue weighted by atomic mass is 9.92. The summed E-state index contributed by atoms with van der Waals surface area (Å²) in [7, 11) is -3.45. The maximum absolute atomic E-state index is 13.4. The van der Waals surface area contributed by atoms with Crippen LogP contribution < -0.4 is 4.72 Å². The SMILES string of the molecule is CS(=O)(=O)NC1C(Cc2cccc(-c3ccccc3)c2)N(C(=O)N2CC(F)C2)CC12CC2. The Morgan fingerprint density at radius 2 is 1.78 bits per heavy atom. The molecule has 8 heteroatoms. The number of nitrogens with zero attached hydrogens (tertiary/aromatic N) is 2. The second kappa shape index (κ2) is 7.85. The van der Waals surface area contributed by atoms with Gasteiger partial charge in [-0.25, -0.2) is 22.3 Å². The Labute approximate surface area is 188 Å². The normalized spacial score (nSPS) is 24.6. The lowest BCUT2D eigenvalue weighted by molar-refractivity contribution is 0.0644. The van der Waals surface area contributed by atoms with Gasteiger partial charge in [-0.1, -0.05) is 54.6 Å². The van der Waals surface area contributed by atoms with Crippen LogP contribution in [-0.2, 0) is 16.4 Å². The zero-order chi connectivity index (χ0) is 22.5. The van der Waals surface area contributed by atoms with Crippen molar-refractivity contribution in [1.82, 2.24) is 14.5 Å². The van der Waals surface area contributed by atoms with Crippen LogP contribution in [0.15, 0.2) is 54.6 Å². The van der Waals surface area contributed by atoms with Gasteiger partial charge in [0.05, 0.1) is 25.4 Å². The fraction of sp³-hybridized carbons (Fsp3) is 0.458. The maximum Gasteiger partial charge on any atom is 0.320 e. The molecule has 2 saturated heterocycles. The summed E-state index contributed by atoms with van der Waals surface area (Å²) in [5.74, 6) is 0. The second-order valence-electron chi connectivity index (χ2n) is 9.48. The third-order valence-corrected chi connectivity index (χ3v) is 7.68. The molecule has 0 bridgehead atoms. The molecule has 5 rings (SSSR count). The standard InChI is InChI=1S/C24H28FN3O3S/c1-32(30,31)26-22-21(13-17-6-5-9-19(12-17)18-7-3-2-4-8-18)28(16-24(22)10-11-24)23(29)27-14-20(25)15-27/h2-9,12,20-22,26H,10-11,13-16H2,1H3. The zero-order valence-electron chi connectivity index (χ0n) is 18.1. The highest BCUT2D eigenvalue weighted by Gasteiger charge is 2.61. The van der Waals surface area contributed by atoms with E-state index in [0.717, 1.165) is 29.5 Å². The Bertz CT molecular complexity index is 1110.